The first kappa shape index (κ1) is 12.5. The van der Waals surface area contributed by atoms with Crippen LogP contribution in [-0.4, -0.2) is 20.9 Å². The number of rotatable bonds is 3. The number of aryl methyl sites for hydroxylation is 1. The van der Waals surface area contributed by atoms with Crippen molar-refractivity contribution in [3.8, 4) is 0 Å². The van der Waals surface area contributed by atoms with E-state index in [2.05, 4.69) is 0 Å². The molecule has 4 heteroatoms. The molecule has 0 radical (unpaired) electrons. The Morgan fingerprint density at radius 2 is 1.87 bits per heavy atom. The third-order valence-electron chi connectivity index (χ3n) is 2.10. The van der Waals surface area contributed by atoms with E-state index in [1.807, 2.05) is 13.0 Å². The minimum Gasteiger partial charge on any atom is -0.386 e. The predicted molar refractivity (Wildman–Crippen MR) is 60.5 cm³/mol. The van der Waals surface area contributed by atoms with Gasteiger partial charge in [0.25, 0.3) is 0 Å². The van der Waals surface area contributed by atoms with E-state index in [4.69, 9.17) is 10.2 Å². The lowest BCUT2D eigenvalue weighted by atomic mass is 9.94. The highest BCUT2D eigenvalue weighted by molar-refractivity contribution is 7.99. The van der Waals surface area contributed by atoms with Crippen molar-refractivity contribution in [1.29, 1.82) is 0 Å². The van der Waals surface area contributed by atoms with Crippen molar-refractivity contribution in [3.05, 3.63) is 29.3 Å². The summed E-state index contributed by atoms with van der Waals surface area (Å²) in [6.07, 6.45) is 0. The van der Waals surface area contributed by atoms with E-state index >= 15 is 0 Å². The van der Waals surface area contributed by atoms with Crippen LogP contribution in [0.15, 0.2) is 23.1 Å². The lowest BCUT2D eigenvalue weighted by Gasteiger charge is -2.20. The predicted octanol–water partition coefficient (Wildman–Crippen LogP) is 1.58. The summed E-state index contributed by atoms with van der Waals surface area (Å²) >= 11 is 0.961. The van der Waals surface area contributed by atoms with Gasteiger partial charge >= 0.3 is 0 Å². The summed E-state index contributed by atoms with van der Waals surface area (Å²) in [7, 11) is 0. The Balaban J connectivity index is 2.99. The molecular weight excluding hydrogens is 212 g/mol. The van der Waals surface area contributed by atoms with E-state index in [9.17, 15) is 5.11 Å². The van der Waals surface area contributed by atoms with Crippen LogP contribution in [0.2, 0.25) is 0 Å². The molecule has 0 saturated heterocycles. The van der Waals surface area contributed by atoms with Crippen LogP contribution in [0.1, 0.15) is 25.0 Å². The van der Waals surface area contributed by atoms with Crippen molar-refractivity contribution in [2.45, 2.75) is 36.9 Å². The number of hydrogen-bond acceptors (Lipinski definition) is 4. The molecule has 0 heterocycles. The molecule has 0 fully saturated rings. The molecule has 84 valence electrons. The second-order valence-electron chi connectivity index (χ2n) is 3.98. The number of aliphatic hydroxyl groups is 3. The number of thioether (sulfide) groups is 1. The largest absolute Gasteiger partial charge is 0.386 e. The molecule has 0 aliphatic carbocycles. The summed E-state index contributed by atoms with van der Waals surface area (Å²) in [5.74, 6) is 0. The van der Waals surface area contributed by atoms with Gasteiger partial charge in [-0.15, -0.1) is 0 Å². The summed E-state index contributed by atoms with van der Waals surface area (Å²) in [5, 5.41) is 27.4. The first-order valence-corrected chi connectivity index (χ1v) is 5.55. The van der Waals surface area contributed by atoms with Gasteiger partial charge in [0.1, 0.15) is 0 Å². The molecule has 0 aliphatic heterocycles. The fourth-order valence-electron chi connectivity index (χ4n) is 1.52. The Kier molecular flexibility index (Phi) is 3.78. The van der Waals surface area contributed by atoms with Crippen molar-refractivity contribution in [3.63, 3.8) is 0 Å². The van der Waals surface area contributed by atoms with Crippen molar-refractivity contribution >= 4 is 11.8 Å². The Bertz CT molecular complexity index is 342. The molecular formula is C11H16O3S. The van der Waals surface area contributed by atoms with Gasteiger partial charge in [0.05, 0.1) is 5.60 Å². The monoisotopic (exact) mass is 228 g/mol. The van der Waals surface area contributed by atoms with Crippen LogP contribution < -0.4 is 0 Å². The topological polar surface area (TPSA) is 60.7 Å². The minimum atomic E-state index is -1.41. The van der Waals surface area contributed by atoms with Crippen molar-refractivity contribution < 1.29 is 15.3 Å². The number of hydrogen-bond donors (Lipinski definition) is 3. The van der Waals surface area contributed by atoms with E-state index in [1.165, 1.54) is 0 Å². The van der Waals surface area contributed by atoms with Gasteiger partial charge in [0, 0.05) is 4.90 Å². The zero-order chi connectivity index (χ0) is 11.6. The van der Waals surface area contributed by atoms with Crippen LogP contribution in [0, 0.1) is 6.92 Å². The molecule has 0 spiro atoms. The average molecular weight is 228 g/mol. The Hall–Kier alpha value is -0.550. The Morgan fingerprint density at radius 1 is 1.27 bits per heavy atom. The standard InChI is InChI=1S/C11H16O3S/c1-7-6-8(15-10(12)13)4-5-9(7)11(2,3)14/h4-6,10,12-14H,1-3H3. The van der Waals surface area contributed by atoms with Gasteiger partial charge < -0.3 is 15.3 Å². The maximum atomic E-state index is 9.84. The molecule has 0 unspecified atom stereocenters. The van der Waals surface area contributed by atoms with Gasteiger partial charge in [-0.2, -0.15) is 0 Å². The summed E-state index contributed by atoms with van der Waals surface area (Å²) in [6, 6.07) is 5.40. The molecule has 0 bridgehead atoms. The molecule has 0 aromatic heterocycles. The summed E-state index contributed by atoms with van der Waals surface area (Å²) in [6.45, 7) is 5.34. The van der Waals surface area contributed by atoms with Crippen LogP contribution in [0.4, 0.5) is 0 Å². The molecule has 0 atom stereocenters. The van der Waals surface area contributed by atoms with E-state index in [1.54, 1.807) is 26.0 Å². The van der Waals surface area contributed by atoms with Gasteiger partial charge in [-0.25, -0.2) is 0 Å². The Morgan fingerprint density at radius 3 is 2.27 bits per heavy atom. The van der Waals surface area contributed by atoms with E-state index in [0.29, 0.717) is 0 Å². The maximum Gasteiger partial charge on any atom is 0.206 e. The molecule has 1 aromatic carbocycles. The second-order valence-corrected chi connectivity index (χ2v) is 5.11. The molecule has 15 heavy (non-hydrogen) atoms. The summed E-state index contributed by atoms with van der Waals surface area (Å²) < 4.78 is 0. The quantitative estimate of drug-likeness (QED) is 0.543. The lowest BCUT2D eigenvalue weighted by Crippen LogP contribution is -2.17. The first-order valence-electron chi connectivity index (χ1n) is 4.67. The van der Waals surface area contributed by atoms with Gasteiger partial charge in [-0.1, -0.05) is 17.8 Å². The zero-order valence-electron chi connectivity index (χ0n) is 9.06. The average Bonchev–Trinajstić information content (AvgIpc) is 1.99. The fraction of sp³-hybridized carbons (Fsp3) is 0.455. The third kappa shape index (κ3) is 3.50. The van der Waals surface area contributed by atoms with Gasteiger partial charge in [0.15, 0.2) is 0 Å². The van der Waals surface area contributed by atoms with Crippen molar-refractivity contribution in [2.75, 3.05) is 0 Å². The lowest BCUT2D eigenvalue weighted by molar-refractivity contribution is 0.0405. The second kappa shape index (κ2) is 4.53. The third-order valence-corrected chi connectivity index (χ3v) is 2.84. The normalized spacial score (nSPS) is 12.2. The van der Waals surface area contributed by atoms with Gasteiger partial charge in [-0.3, -0.25) is 0 Å². The number of aliphatic hydroxyl groups excluding tert-OH is 1. The smallest absolute Gasteiger partial charge is 0.206 e. The van der Waals surface area contributed by atoms with Gasteiger partial charge in [0.2, 0.25) is 5.62 Å². The molecule has 0 amide bonds. The molecule has 3 nitrogen and oxygen atoms in total. The van der Waals surface area contributed by atoms with Crippen LogP contribution in [0.25, 0.3) is 0 Å². The van der Waals surface area contributed by atoms with Crippen LogP contribution in [0.3, 0.4) is 0 Å². The van der Waals surface area contributed by atoms with E-state index < -0.39 is 11.2 Å². The number of benzene rings is 1. The van der Waals surface area contributed by atoms with Crippen LogP contribution in [-0.2, 0) is 5.60 Å². The molecule has 1 aromatic rings. The van der Waals surface area contributed by atoms with E-state index in [-0.39, 0.29) is 0 Å². The Labute approximate surface area is 93.8 Å². The first-order chi connectivity index (χ1) is 6.80. The highest BCUT2D eigenvalue weighted by Gasteiger charge is 2.18. The highest BCUT2D eigenvalue weighted by Crippen LogP contribution is 2.28. The molecule has 1 rings (SSSR count). The van der Waals surface area contributed by atoms with Gasteiger partial charge in [-0.05, 0) is 44.0 Å². The van der Waals surface area contributed by atoms with Crippen molar-refractivity contribution in [1.82, 2.24) is 0 Å². The molecule has 0 saturated carbocycles. The minimum absolute atomic E-state index is 0.774. The van der Waals surface area contributed by atoms with Crippen LogP contribution in [0.5, 0.6) is 0 Å². The maximum absolute atomic E-state index is 9.84. The SMILES string of the molecule is Cc1cc(SC(O)O)ccc1C(C)(C)O. The fourth-order valence-corrected chi connectivity index (χ4v) is 2.15. The molecule has 3 N–H and O–H groups in total. The van der Waals surface area contributed by atoms with Crippen LogP contribution >= 0.6 is 11.8 Å². The zero-order valence-corrected chi connectivity index (χ0v) is 9.88. The molecule has 0 aliphatic rings. The highest BCUT2D eigenvalue weighted by atomic mass is 32.2. The van der Waals surface area contributed by atoms with Crippen molar-refractivity contribution in [2.24, 2.45) is 0 Å². The summed E-state index contributed by atoms with van der Waals surface area (Å²) in [4.78, 5) is 0.774. The summed E-state index contributed by atoms with van der Waals surface area (Å²) in [5.41, 5.74) is -0.490. The van der Waals surface area contributed by atoms with E-state index in [0.717, 1.165) is 27.8 Å².